The summed E-state index contributed by atoms with van der Waals surface area (Å²) in [4.78, 5) is 0. The zero-order chi connectivity index (χ0) is 9.30. The van der Waals surface area contributed by atoms with Crippen LogP contribution < -0.4 is 16.6 Å². The van der Waals surface area contributed by atoms with E-state index >= 15 is 0 Å². The topological polar surface area (TPSA) is 55.3 Å². The highest BCUT2D eigenvalue weighted by Gasteiger charge is 2.08. The number of hydrogen-bond acceptors (Lipinski definition) is 3. The maximum Gasteiger partial charge on any atom is 0.0799 e. The summed E-state index contributed by atoms with van der Waals surface area (Å²) >= 11 is 9.13. The predicted octanol–water partition coefficient (Wildman–Crippen LogP) is 1.99. The van der Waals surface area contributed by atoms with Crippen molar-refractivity contribution in [3.8, 4) is 0 Å². The highest BCUT2D eigenvalue weighted by atomic mass is 79.9. The third-order valence-electron chi connectivity index (χ3n) is 1.49. The first-order valence-electron chi connectivity index (χ1n) is 3.26. The van der Waals surface area contributed by atoms with Crippen LogP contribution in [0.1, 0.15) is 0 Å². The summed E-state index contributed by atoms with van der Waals surface area (Å²) in [5.74, 6) is 5.51. The normalized spacial score (nSPS) is 10.0. The molecule has 0 amide bonds. The van der Waals surface area contributed by atoms with Gasteiger partial charge >= 0.3 is 0 Å². The van der Waals surface area contributed by atoms with Gasteiger partial charge in [-0.15, -0.1) is 0 Å². The minimum absolute atomic E-state index is 0.482. The fourth-order valence-corrected chi connectivity index (χ4v) is 1.37. The smallest absolute Gasteiger partial charge is 0.0799 e. The number of nitrogens with two attached hydrogens (primary N) is 2. The molecule has 0 aliphatic carbocycles. The highest BCUT2D eigenvalue weighted by Crippen LogP contribution is 2.34. The fourth-order valence-electron chi connectivity index (χ4n) is 0.864. The summed E-state index contributed by atoms with van der Waals surface area (Å²) in [5, 5.41) is 1.91. The van der Waals surface area contributed by atoms with Crippen LogP contribution >= 0.6 is 27.5 Å². The van der Waals surface area contributed by atoms with Crippen molar-refractivity contribution in [3.63, 3.8) is 0 Å². The van der Waals surface area contributed by atoms with E-state index in [0.717, 1.165) is 4.47 Å². The third kappa shape index (κ3) is 1.65. The number of nitrogen functional groups attached to an aromatic ring is 1. The number of hydrazine groups is 1. The van der Waals surface area contributed by atoms with Crippen molar-refractivity contribution in [1.82, 2.24) is 0 Å². The molecule has 0 aromatic heterocycles. The first kappa shape index (κ1) is 9.64. The standard InChI is InChI=1S/C7H9BrClN3/c1-12(11)5-3-2-4(8)6(9)7(5)10/h2-3H,10-11H2,1H3. The SMILES string of the molecule is CN(N)c1ccc(Br)c(Cl)c1N. The lowest BCUT2D eigenvalue weighted by Gasteiger charge is -2.15. The lowest BCUT2D eigenvalue weighted by Crippen LogP contribution is -2.26. The maximum absolute atomic E-state index is 5.87. The summed E-state index contributed by atoms with van der Waals surface area (Å²) in [5.41, 5.74) is 6.89. The van der Waals surface area contributed by atoms with Gasteiger partial charge in [0.2, 0.25) is 0 Å². The van der Waals surface area contributed by atoms with E-state index in [2.05, 4.69) is 15.9 Å². The van der Waals surface area contributed by atoms with Crippen LogP contribution in [0.4, 0.5) is 11.4 Å². The van der Waals surface area contributed by atoms with Crippen molar-refractivity contribution in [1.29, 1.82) is 0 Å². The van der Waals surface area contributed by atoms with Crippen LogP contribution in [0.25, 0.3) is 0 Å². The van der Waals surface area contributed by atoms with Crippen molar-refractivity contribution >= 4 is 38.9 Å². The summed E-state index contributed by atoms with van der Waals surface area (Å²) in [6.07, 6.45) is 0. The van der Waals surface area contributed by atoms with Crippen molar-refractivity contribution < 1.29 is 0 Å². The molecule has 1 aromatic carbocycles. The van der Waals surface area contributed by atoms with Crippen molar-refractivity contribution in [3.05, 3.63) is 21.6 Å². The number of nitrogens with zero attached hydrogens (tertiary/aromatic N) is 1. The highest BCUT2D eigenvalue weighted by molar-refractivity contribution is 9.10. The molecule has 0 fully saturated rings. The molecule has 0 atom stereocenters. The minimum atomic E-state index is 0.482. The Hall–Kier alpha value is -0.450. The Morgan fingerprint density at radius 3 is 2.58 bits per heavy atom. The second kappa shape index (κ2) is 3.51. The van der Waals surface area contributed by atoms with Gasteiger partial charge in [0.25, 0.3) is 0 Å². The van der Waals surface area contributed by atoms with Gasteiger partial charge < -0.3 is 10.7 Å². The number of benzene rings is 1. The third-order valence-corrected chi connectivity index (χ3v) is 2.79. The van der Waals surface area contributed by atoms with E-state index in [4.69, 9.17) is 23.2 Å². The lowest BCUT2D eigenvalue weighted by atomic mass is 10.2. The Balaban J connectivity index is 3.27. The molecular weight excluding hydrogens is 241 g/mol. The molecule has 4 N–H and O–H groups in total. The van der Waals surface area contributed by atoms with Crippen LogP contribution in [-0.4, -0.2) is 7.05 Å². The van der Waals surface area contributed by atoms with E-state index in [-0.39, 0.29) is 0 Å². The monoisotopic (exact) mass is 249 g/mol. The molecule has 1 aromatic rings. The summed E-state index contributed by atoms with van der Waals surface area (Å²) in [7, 11) is 1.70. The van der Waals surface area contributed by atoms with Gasteiger partial charge in [-0.3, -0.25) is 0 Å². The Kier molecular flexibility index (Phi) is 2.82. The molecule has 12 heavy (non-hydrogen) atoms. The minimum Gasteiger partial charge on any atom is -0.396 e. The molecule has 5 heteroatoms. The molecule has 0 aliphatic rings. The average Bonchev–Trinajstić information content (AvgIpc) is 2.00. The molecule has 0 aliphatic heterocycles. The van der Waals surface area contributed by atoms with Gasteiger partial charge in [-0.05, 0) is 28.1 Å². The largest absolute Gasteiger partial charge is 0.396 e. The molecule has 0 saturated carbocycles. The second-order valence-corrected chi connectivity index (χ2v) is 3.64. The van der Waals surface area contributed by atoms with Gasteiger partial charge in [0.05, 0.1) is 16.4 Å². The van der Waals surface area contributed by atoms with Crippen LogP contribution in [0.3, 0.4) is 0 Å². The Morgan fingerprint density at radius 2 is 2.08 bits per heavy atom. The van der Waals surface area contributed by atoms with E-state index in [9.17, 15) is 0 Å². The average molecular weight is 251 g/mol. The zero-order valence-electron chi connectivity index (χ0n) is 6.51. The molecule has 0 bridgehead atoms. The summed E-state index contributed by atoms with van der Waals surface area (Å²) in [6, 6.07) is 3.60. The van der Waals surface area contributed by atoms with Crippen LogP contribution in [0.2, 0.25) is 5.02 Å². The molecule has 0 spiro atoms. The molecular formula is C7H9BrClN3. The first-order chi connectivity index (χ1) is 5.54. The van der Waals surface area contributed by atoms with Crippen molar-refractivity contribution in [2.45, 2.75) is 0 Å². The zero-order valence-corrected chi connectivity index (χ0v) is 8.85. The van der Waals surface area contributed by atoms with Gasteiger partial charge in [-0.25, -0.2) is 5.84 Å². The number of anilines is 2. The van der Waals surface area contributed by atoms with Gasteiger partial charge in [0, 0.05) is 11.5 Å². The molecule has 0 radical (unpaired) electrons. The van der Waals surface area contributed by atoms with Crippen LogP contribution in [-0.2, 0) is 0 Å². The van der Waals surface area contributed by atoms with Crippen molar-refractivity contribution in [2.75, 3.05) is 17.8 Å². The molecule has 66 valence electrons. The number of rotatable bonds is 1. The first-order valence-corrected chi connectivity index (χ1v) is 4.43. The Bertz CT molecular complexity index is 301. The Morgan fingerprint density at radius 1 is 1.50 bits per heavy atom. The van der Waals surface area contributed by atoms with Gasteiger partial charge in [-0.2, -0.15) is 0 Å². The van der Waals surface area contributed by atoms with Crippen LogP contribution in [0.5, 0.6) is 0 Å². The maximum atomic E-state index is 5.87. The predicted molar refractivity (Wildman–Crippen MR) is 56.2 cm³/mol. The molecule has 1 rings (SSSR count). The van der Waals surface area contributed by atoms with Gasteiger partial charge in [-0.1, -0.05) is 11.6 Å². The van der Waals surface area contributed by atoms with Crippen LogP contribution in [0, 0.1) is 0 Å². The Labute approximate surface area is 84.4 Å². The second-order valence-electron chi connectivity index (χ2n) is 2.41. The van der Waals surface area contributed by atoms with Gasteiger partial charge in [0.15, 0.2) is 0 Å². The van der Waals surface area contributed by atoms with E-state index in [0.29, 0.717) is 16.4 Å². The summed E-state index contributed by atoms with van der Waals surface area (Å²) < 4.78 is 0.771. The molecule has 0 saturated heterocycles. The van der Waals surface area contributed by atoms with E-state index in [1.54, 1.807) is 19.2 Å². The quantitative estimate of drug-likeness (QED) is 0.455. The summed E-state index contributed by atoms with van der Waals surface area (Å²) in [6.45, 7) is 0. The lowest BCUT2D eigenvalue weighted by molar-refractivity contribution is 1.02. The van der Waals surface area contributed by atoms with E-state index in [1.165, 1.54) is 5.01 Å². The molecule has 0 unspecified atom stereocenters. The van der Waals surface area contributed by atoms with Gasteiger partial charge in [0.1, 0.15) is 0 Å². The van der Waals surface area contributed by atoms with E-state index in [1.807, 2.05) is 0 Å². The molecule has 0 heterocycles. The number of halogens is 2. The van der Waals surface area contributed by atoms with Crippen LogP contribution in [0.15, 0.2) is 16.6 Å². The molecule has 3 nitrogen and oxygen atoms in total. The number of hydrogen-bond donors (Lipinski definition) is 2. The fraction of sp³-hybridized carbons (Fsp3) is 0.143. The van der Waals surface area contributed by atoms with E-state index < -0.39 is 0 Å². The van der Waals surface area contributed by atoms with Crippen molar-refractivity contribution in [2.24, 2.45) is 5.84 Å².